The third kappa shape index (κ3) is 5.81. The summed E-state index contributed by atoms with van der Waals surface area (Å²) < 4.78 is 7.63. The summed E-state index contributed by atoms with van der Waals surface area (Å²) in [6.45, 7) is 7.53. The molecule has 0 unspecified atom stereocenters. The molecule has 1 saturated heterocycles. The molecule has 2 aliphatic rings. The van der Waals surface area contributed by atoms with E-state index in [0.717, 1.165) is 81.5 Å². The highest BCUT2D eigenvalue weighted by Gasteiger charge is 2.27. The molecule has 178 valence electrons. The number of piperidine rings is 1. The molecule has 1 aromatic heterocycles. The summed E-state index contributed by atoms with van der Waals surface area (Å²) in [6.07, 6.45) is 7.01. The molecule has 33 heavy (non-hydrogen) atoms. The van der Waals surface area contributed by atoms with Gasteiger partial charge in [0.1, 0.15) is 11.6 Å². The molecule has 2 aliphatic heterocycles. The average Bonchev–Trinajstić information content (AvgIpc) is 3.13. The largest absolute Gasteiger partial charge is 0.496 e. The number of hydrogen-bond acceptors (Lipinski definition) is 6. The second-order valence-electron chi connectivity index (χ2n) is 9.13. The van der Waals surface area contributed by atoms with E-state index in [1.165, 1.54) is 0 Å². The molecule has 1 amide bonds. The Morgan fingerprint density at radius 3 is 2.76 bits per heavy atom. The molecule has 8 heteroatoms. The van der Waals surface area contributed by atoms with Crippen molar-refractivity contribution in [1.82, 2.24) is 29.9 Å². The van der Waals surface area contributed by atoms with Crippen LogP contribution in [-0.4, -0.2) is 77.4 Å². The molecule has 4 rings (SSSR count). The summed E-state index contributed by atoms with van der Waals surface area (Å²) in [7, 11) is 3.81. The van der Waals surface area contributed by atoms with Crippen LogP contribution < -0.4 is 10.1 Å². The quantitative estimate of drug-likeness (QED) is 0.695. The van der Waals surface area contributed by atoms with Gasteiger partial charge >= 0.3 is 0 Å². The lowest BCUT2D eigenvalue weighted by molar-refractivity contribution is -0.127. The maximum atomic E-state index is 12.8. The van der Waals surface area contributed by atoms with Crippen molar-refractivity contribution in [3.05, 3.63) is 47.6 Å². The van der Waals surface area contributed by atoms with Crippen molar-refractivity contribution in [1.29, 1.82) is 0 Å². The Morgan fingerprint density at radius 2 is 1.97 bits per heavy atom. The summed E-state index contributed by atoms with van der Waals surface area (Å²) in [6, 6.07) is 7.90. The lowest BCUT2D eigenvalue weighted by Gasteiger charge is -2.29. The number of benzene rings is 1. The number of nitrogens with zero attached hydrogens (tertiary/aromatic N) is 5. The highest BCUT2D eigenvalue weighted by atomic mass is 16.5. The molecule has 2 aromatic rings. The van der Waals surface area contributed by atoms with Gasteiger partial charge in [0, 0.05) is 44.1 Å². The summed E-state index contributed by atoms with van der Waals surface area (Å²) in [4.78, 5) is 17.5. The number of rotatable bonds is 7. The minimum absolute atomic E-state index is 0.0979. The number of carbonyl (C=O) groups is 1. The molecule has 0 bridgehead atoms. The number of hydrogen-bond donors (Lipinski definition) is 1. The van der Waals surface area contributed by atoms with Gasteiger partial charge in [-0.2, -0.15) is 0 Å². The van der Waals surface area contributed by atoms with Crippen LogP contribution in [-0.2, 0) is 17.8 Å². The van der Waals surface area contributed by atoms with Gasteiger partial charge in [-0.15, -0.1) is 10.2 Å². The van der Waals surface area contributed by atoms with Gasteiger partial charge in [-0.05, 0) is 46.0 Å². The van der Waals surface area contributed by atoms with Gasteiger partial charge in [-0.1, -0.05) is 30.4 Å². The smallest absolute Gasteiger partial charge is 0.223 e. The molecule has 3 heterocycles. The van der Waals surface area contributed by atoms with Crippen LogP contribution in [0.4, 0.5) is 0 Å². The fraction of sp³-hybridized carbons (Fsp3) is 0.560. The lowest BCUT2D eigenvalue weighted by atomic mass is 9.96. The number of amides is 1. The molecule has 8 nitrogen and oxygen atoms in total. The van der Waals surface area contributed by atoms with Crippen LogP contribution in [0.2, 0.25) is 0 Å². The van der Waals surface area contributed by atoms with Crippen LogP contribution in [0.15, 0.2) is 30.3 Å². The Hall–Kier alpha value is -2.71. The highest BCUT2D eigenvalue weighted by Crippen LogP contribution is 2.21. The number of aromatic nitrogens is 3. The molecule has 1 aromatic carbocycles. The zero-order valence-electron chi connectivity index (χ0n) is 20.0. The van der Waals surface area contributed by atoms with Crippen molar-refractivity contribution in [2.45, 2.75) is 38.8 Å². The molecule has 0 spiro atoms. The van der Waals surface area contributed by atoms with E-state index in [2.05, 4.69) is 55.1 Å². The standard InChI is InChI=1S/C25H36N6O2/c1-19(26-25(32)21-10-14-29(2)15-11-21)24-28-27-23-12-16-30(17-18-31(23)24)13-6-8-20-7-4-5-9-22(20)33-3/h4-9,19,21H,10-18H2,1-3H3,(H,26,32)/b8-6+/t19-/m0/s1. The molecule has 1 N–H and O–H groups in total. The van der Waals surface area contributed by atoms with Crippen molar-refractivity contribution >= 4 is 12.0 Å². The Balaban J connectivity index is 1.32. The van der Waals surface area contributed by atoms with E-state index in [9.17, 15) is 4.79 Å². The second kappa shape index (κ2) is 10.9. The first-order valence-corrected chi connectivity index (χ1v) is 12.0. The van der Waals surface area contributed by atoms with Crippen LogP contribution in [0.1, 0.15) is 43.0 Å². The normalized spacial score (nSPS) is 19.2. The molecule has 0 aliphatic carbocycles. The SMILES string of the molecule is COc1ccccc1/C=C/CN1CCc2nnc([C@H](C)NC(=O)C3CCN(C)CC3)n2CC1. The Labute approximate surface area is 196 Å². The van der Waals surface area contributed by atoms with Gasteiger partial charge in [-0.25, -0.2) is 0 Å². The number of likely N-dealkylation sites (tertiary alicyclic amines) is 1. The maximum Gasteiger partial charge on any atom is 0.223 e. The number of carbonyl (C=O) groups excluding carboxylic acids is 1. The minimum atomic E-state index is -0.143. The van der Waals surface area contributed by atoms with Crippen molar-refractivity contribution in [3.8, 4) is 5.75 Å². The predicted octanol–water partition coefficient (Wildman–Crippen LogP) is 2.38. The van der Waals surface area contributed by atoms with Gasteiger partial charge < -0.3 is 19.5 Å². The first kappa shape index (κ1) is 23.4. The van der Waals surface area contributed by atoms with Crippen molar-refractivity contribution in [2.24, 2.45) is 5.92 Å². The van der Waals surface area contributed by atoms with Crippen molar-refractivity contribution < 1.29 is 9.53 Å². The summed E-state index contributed by atoms with van der Waals surface area (Å²) >= 11 is 0. The predicted molar refractivity (Wildman–Crippen MR) is 129 cm³/mol. The van der Waals surface area contributed by atoms with Gasteiger partial charge in [0.25, 0.3) is 0 Å². The Kier molecular flexibility index (Phi) is 7.77. The van der Waals surface area contributed by atoms with E-state index in [1.807, 2.05) is 25.1 Å². The summed E-state index contributed by atoms with van der Waals surface area (Å²) in [5.74, 6) is 2.99. The van der Waals surface area contributed by atoms with E-state index < -0.39 is 0 Å². The minimum Gasteiger partial charge on any atom is -0.496 e. The van der Waals surface area contributed by atoms with E-state index in [1.54, 1.807) is 7.11 Å². The van der Waals surface area contributed by atoms with Gasteiger partial charge in [-0.3, -0.25) is 9.69 Å². The number of para-hydroxylation sites is 1. The number of methoxy groups -OCH3 is 1. The zero-order valence-corrected chi connectivity index (χ0v) is 20.0. The monoisotopic (exact) mass is 452 g/mol. The van der Waals surface area contributed by atoms with Crippen LogP contribution in [0.3, 0.4) is 0 Å². The second-order valence-corrected chi connectivity index (χ2v) is 9.13. The summed E-state index contributed by atoms with van der Waals surface area (Å²) in [5.41, 5.74) is 1.09. The van der Waals surface area contributed by atoms with E-state index in [-0.39, 0.29) is 17.9 Å². The molecular weight excluding hydrogens is 416 g/mol. The van der Waals surface area contributed by atoms with Crippen molar-refractivity contribution in [3.63, 3.8) is 0 Å². The number of fused-ring (bicyclic) bond motifs is 1. The van der Waals surface area contributed by atoms with E-state index in [0.29, 0.717) is 0 Å². The number of nitrogens with one attached hydrogen (secondary N) is 1. The zero-order chi connectivity index (χ0) is 23.2. The van der Waals surface area contributed by atoms with Crippen LogP contribution >= 0.6 is 0 Å². The third-order valence-electron chi connectivity index (χ3n) is 6.78. The topological polar surface area (TPSA) is 75.5 Å². The third-order valence-corrected chi connectivity index (χ3v) is 6.78. The average molecular weight is 453 g/mol. The number of ether oxygens (including phenoxy) is 1. The highest BCUT2D eigenvalue weighted by molar-refractivity contribution is 5.79. The van der Waals surface area contributed by atoms with Crippen molar-refractivity contribution in [2.75, 3.05) is 46.9 Å². The summed E-state index contributed by atoms with van der Waals surface area (Å²) in [5, 5.41) is 12.1. The molecule has 1 fully saturated rings. The van der Waals surface area contributed by atoms with Gasteiger partial charge in [0.05, 0.1) is 13.2 Å². The molecule has 1 atom stereocenters. The van der Waals surface area contributed by atoms with E-state index in [4.69, 9.17) is 4.74 Å². The first-order chi connectivity index (χ1) is 16.0. The molecule has 0 saturated carbocycles. The molecule has 0 radical (unpaired) electrons. The van der Waals surface area contributed by atoms with Crippen LogP contribution in [0, 0.1) is 5.92 Å². The Morgan fingerprint density at radius 1 is 1.18 bits per heavy atom. The fourth-order valence-electron chi connectivity index (χ4n) is 4.69. The van der Waals surface area contributed by atoms with Gasteiger partial charge in [0.15, 0.2) is 5.82 Å². The van der Waals surface area contributed by atoms with Crippen LogP contribution in [0.5, 0.6) is 5.75 Å². The van der Waals surface area contributed by atoms with Crippen LogP contribution in [0.25, 0.3) is 6.08 Å². The van der Waals surface area contributed by atoms with E-state index >= 15 is 0 Å². The fourth-order valence-corrected chi connectivity index (χ4v) is 4.69. The Bertz CT molecular complexity index is 964. The van der Waals surface area contributed by atoms with Gasteiger partial charge in [0.2, 0.25) is 5.91 Å². The maximum absolute atomic E-state index is 12.8. The molecular formula is C25H36N6O2. The first-order valence-electron chi connectivity index (χ1n) is 12.0. The lowest BCUT2D eigenvalue weighted by Crippen LogP contribution is -2.40.